The predicted molar refractivity (Wildman–Crippen MR) is 120 cm³/mol. The van der Waals surface area contributed by atoms with Crippen molar-refractivity contribution in [3.8, 4) is 11.1 Å². The number of ether oxygens (including phenoxy) is 1. The average Bonchev–Trinajstić information content (AvgIpc) is 3.14. The molecule has 3 unspecified atom stereocenters. The molecule has 0 aromatic heterocycles. The van der Waals surface area contributed by atoms with E-state index < -0.39 is 42.1 Å². The number of nitrogens with zero attached hydrogens (tertiary/aromatic N) is 1. The van der Waals surface area contributed by atoms with E-state index in [9.17, 15) is 32.7 Å². The molecule has 0 bridgehead atoms. The highest BCUT2D eigenvalue weighted by Crippen LogP contribution is 2.44. The Labute approximate surface area is 199 Å². The number of hydrogen-bond acceptors (Lipinski definition) is 4. The molecule has 2 aliphatic rings. The molecular weight excluding hydrogens is 465 g/mol. The Morgan fingerprint density at radius 2 is 1.63 bits per heavy atom. The zero-order valence-electron chi connectivity index (χ0n) is 18.9. The van der Waals surface area contributed by atoms with Crippen LogP contribution in [-0.4, -0.2) is 59.4 Å². The number of carbonyl (C=O) groups excluding carboxylic acids is 2. The van der Waals surface area contributed by atoms with Gasteiger partial charge in [0.05, 0.1) is 5.92 Å². The Hall–Kier alpha value is -3.56. The van der Waals surface area contributed by atoms with E-state index in [2.05, 4.69) is 0 Å². The van der Waals surface area contributed by atoms with Crippen LogP contribution < -0.4 is 5.32 Å². The molecule has 1 heterocycles. The molecule has 0 saturated carbocycles. The van der Waals surface area contributed by atoms with Gasteiger partial charge in [-0.3, -0.25) is 9.59 Å². The van der Waals surface area contributed by atoms with Gasteiger partial charge in [0.15, 0.2) is 0 Å². The molecule has 4 rings (SSSR count). The largest absolute Gasteiger partial charge is 0.481 e. The van der Waals surface area contributed by atoms with Gasteiger partial charge in [0.25, 0.3) is 5.91 Å². The molecule has 2 aromatic carbocycles. The first-order valence-corrected chi connectivity index (χ1v) is 11.3. The molecule has 10 heteroatoms. The van der Waals surface area contributed by atoms with E-state index in [1.807, 2.05) is 48.5 Å². The molecule has 2 amide bonds. The van der Waals surface area contributed by atoms with Crippen molar-refractivity contribution in [2.75, 3.05) is 13.2 Å². The summed E-state index contributed by atoms with van der Waals surface area (Å²) in [5, 5.41) is 10.9. The first-order chi connectivity index (χ1) is 16.6. The maximum absolute atomic E-state index is 13.8. The van der Waals surface area contributed by atoms with Crippen LogP contribution in [0.15, 0.2) is 48.5 Å². The number of carboxylic acid groups (broad SMARTS) is 1. The van der Waals surface area contributed by atoms with Crippen LogP contribution in [0, 0.1) is 5.92 Å². The monoisotopic (exact) mass is 490 g/mol. The summed E-state index contributed by atoms with van der Waals surface area (Å²) in [6.45, 7) is 0.991. The summed E-state index contributed by atoms with van der Waals surface area (Å²) in [6, 6.07) is 11.6. The van der Waals surface area contributed by atoms with E-state index in [1.54, 1.807) is 12.2 Å². The van der Waals surface area contributed by atoms with E-state index in [1.165, 1.54) is 0 Å². The van der Waals surface area contributed by atoms with Crippen molar-refractivity contribution in [2.45, 2.75) is 43.9 Å². The average molecular weight is 490 g/mol. The number of alkyl halides is 3. The number of amides is 2. The van der Waals surface area contributed by atoms with Gasteiger partial charge in [0.2, 0.25) is 6.04 Å². The van der Waals surface area contributed by atoms with Crippen molar-refractivity contribution in [1.82, 2.24) is 10.2 Å². The molecule has 2 N–H and O–H groups in total. The predicted octanol–water partition coefficient (Wildman–Crippen LogP) is 4.17. The molecule has 3 atom stereocenters. The molecule has 1 fully saturated rings. The number of piperidine rings is 1. The molecule has 0 spiro atoms. The van der Waals surface area contributed by atoms with Gasteiger partial charge >= 0.3 is 18.2 Å². The summed E-state index contributed by atoms with van der Waals surface area (Å²) < 4.78 is 46.5. The highest BCUT2D eigenvalue weighted by Gasteiger charge is 2.50. The number of alkyl carbamates (subject to hydrolysis) is 1. The molecule has 1 aliphatic carbocycles. The minimum atomic E-state index is -5.08. The molecule has 0 radical (unpaired) electrons. The number of carboxylic acids is 1. The Morgan fingerprint density at radius 1 is 1.06 bits per heavy atom. The van der Waals surface area contributed by atoms with E-state index in [4.69, 9.17) is 4.74 Å². The zero-order valence-corrected chi connectivity index (χ0v) is 18.9. The van der Waals surface area contributed by atoms with Gasteiger partial charge in [-0.05, 0) is 42.0 Å². The number of benzene rings is 2. The van der Waals surface area contributed by atoms with Gasteiger partial charge in [0.1, 0.15) is 6.61 Å². The van der Waals surface area contributed by atoms with Crippen molar-refractivity contribution in [3.05, 3.63) is 59.7 Å². The number of nitrogens with one attached hydrogen (secondary N) is 1. The van der Waals surface area contributed by atoms with Crippen LogP contribution in [0.1, 0.15) is 36.8 Å². The topological polar surface area (TPSA) is 95.9 Å². The summed E-state index contributed by atoms with van der Waals surface area (Å²) in [6.07, 6.45) is -5.95. The van der Waals surface area contributed by atoms with E-state index >= 15 is 0 Å². The third-order valence-corrected chi connectivity index (χ3v) is 6.69. The Kier molecular flexibility index (Phi) is 6.73. The van der Waals surface area contributed by atoms with Crippen LogP contribution in [-0.2, 0) is 14.3 Å². The van der Waals surface area contributed by atoms with Crippen molar-refractivity contribution in [2.24, 2.45) is 5.92 Å². The van der Waals surface area contributed by atoms with Crippen molar-refractivity contribution in [3.63, 3.8) is 0 Å². The third kappa shape index (κ3) is 4.96. The molecule has 2 aromatic rings. The minimum Gasteiger partial charge on any atom is -0.481 e. The highest BCUT2D eigenvalue weighted by atomic mass is 19.4. The van der Waals surface area contributed by atoms with Crippen LogP contribution in [0.4, 0.5) is 18.0 Å². The van der Waals surface area contributed by atoms with Crippen molar-refractivity contribution < 1.29 is 37.4 Å². The van der Waals surface area contributed by atoms with Gasteiger partial charge < -0.3 is 20.1 Å². The smallest absolute Gasteiger partial charge is 0.417 e. The number of rotatable bonds is 5. The second-order valence-corrected chi connectivity index (χ2v) is 8.90. The van der Waals surface area contributed by atoms with Crippen LogP contribution in [0.25, 0.3) is 11.1 Å². The van der Waals surface area contributed by atoms with Crippen LogP contribution in [0.3, 0.4) is 0 Å². The van der Waals surface area contributed by atoms with Crippen LogP contribution in [0.2, 0.25) is 0 Å². The first kappa shape index (κ1) is 24.6. The molecular formula is C25H25F3N2O5. The Balaban J connectivity index is 1.46. The summed E-state index contributed by atoms with van der Waals surface area (Å²) in [4.78, 5) is 37.4. The van der Waals surface area contributed by atoms with E-state index in [0.717, 1.165) is 27.2 Å². The maximum atomic E-state index is 13.8. The number of halogens is 3. The molecule has 35 heavy (non-hydrogen) atoms. The van der Waals surface area contributed by atoms with Gasteiger partial charge in [-0.1, -0.05) is 48.5 Å². The summed E-state index contributed by atoms with van der Waals surface area (Å²) >= 11 is 0. The molecule has 7 nitrogen and oxygen atoms in total. The summed E-state index contributed by atoms with van der Waals surface area (Å²) in [5.74, 6) is -3.89. The number of fused-ring (bicyclic) bond motifs is 3. The summed E-state index contributed by atoms with van der Waals surface area (Å²) in [5.41, 5.74) is 3.72. The van der Waals surface area contributed by atoms with Crippen LogP contribution in [0.5, 0.6) is 0 Å². The fourth-order valence-electron chi connectivity index (χ4n) is 4.82. The van der Waals surface area contributed by atoms with Gasteiger partial charge in [0, 0.05) is 18.5 Å². The first-order valence-electron chi connectivity index (χ1n) is 11.3. The summed E-state index contributed by atoms with van der Waals surface area (Å²) in [7, 11) is 0. The second kappa shape index (κ2) is 9.59. The van der Waals surface area contributed by atoms with Gasteiger partial charge in [-0.2, -0.15) is 13.2 Å². The SMILES string of the molecule is CC1CCC(C(=O)O)CN1C(=O)C(NC(=O)OCC1c2ccccc2-c2ccccc21)C(F)(F)F. The lowest BCUT2D eigenvalue weighted by Gasteiger charge is -2.38. The lowest BCUT2D eigenvalue weighted by atomic mass is 9.93. The van der Waals surface area contributed by atoms with E-state index in [-0.39, 0.29) is 31.9 Å². The molecule has 1 aliphatic heterocycles. The van der Waals surface area contributed by atoms with Crippen molar-refractivity contribution in [1.29, 1.82) is 0 Å². The zero-order chi connectivity index (χ0) is 25.3. The van der Waals surface area contributed by atoms with Crippen LogP contribution >= 0.6 is 0 Å². The number of carbonyl (C=O) groups is 3. The maximum Gasteiger partial charge on any atom is 0.417 e. The standard InChI is InChI=1S/C25H25F3N2O5/c1-14-10-11-15(23(32)33)12-30(14)22(31)21(25(26,27)28)29-24(34)35-13-20-18-8-4-2-6-16(18)17-7-3-5-9-19(17)20/h2-9,14-15,20-21H,10-13H2,1H3,(H,29,34)(H,32,33). The lowest BCUT2D eigenvalue weighted by Crippen LogP contribution is -2.59. The van der Waals surface area contributed by atoms with Gasteiger partial charge in [-0.25, -0.2) is 4.79 Å². The fourth-order valence-corrected chi connectivity index (χ4v) is 4.82. The Bertz CT molecular complexity index is 1090. The lowest BCUT2D eigenvalue weighted by molar-refractivity contribution is -0.177. The second-order valence-electron chi connectivity index (χ2n) is 8.90. The quantitative estimate of drug-likeness (QED) is 0.656. The third-order valence-electron chi connectivity index (χ3n) is 6.69. The molecule has 1 saturated heterocycles. The minimum absolute atomic E-state index is 0.208. The van der Waals surface area contributed by atoms with E-state index in [0.29, 0.717) is 0 Å². The van der Waals surface area contributed by atoms with Gasteiger partial charge in [-0.15, -0.1) is 0 Å². The fraction of sp³-hybridized carbons (Fsp3) is 0.400. The number of likely N-dealkylation sites (tertiary alicyclic amines) is 1. The normalized spacial score (nSPS) is 20.5. The highest BCUT2D eigenvalue weighted by molar-refractivity contribution is 5.87. The Morgan fingerprint density at radius 3 is 2.17 bits per heavy atom. The van der Waals surface area contributed by atoms with Crippen molar-refractivity contribution >= 4 is 18.0 Å². The molecule has 186 valence electrons. The number of aliphatic carboxylic acids is 1. The number of hydrogen-bond donors (Lipinski definition) is 2.